The van der Waals surface area contributed by atoms with Crippen molar-refractivity contribution in [2.45, 2.75) is 27.0 Å². The van der Waals surface area contributed by atoms with Crippen LogP contribution >= 0.6 is 0 Å². The Hall–Kier alpha value is -4.38. The van der Waals surface area contributed by atoms with Gasteiger partial charge in [0.15, 0.2) is 0 Å². The third kappa shape index (κ3) is 4.80. The molecule has 0 atom stereocenters. The van der Waals surface area contributed by atoms with Gasteiger partial charge in [0, 0.05) is 5.56 Å². The molecule has 5 heteroatoms. The second-order valence-corrected chi connectivity index (χ2v) is 8.84. The van der Waals surface area contributed by atoms with Gasteiger partial charge in [0.1, 0.15) is 18.1 Å². The Labute approximate surface area is 204 Å². The van der Waals surface area contributed by atoms with E-state index in [-0.39, 0.29) is 18.1 Å². The van der Waals surface area contributed by atoms with Crippen molar-refractivity contribution in [3.63, 3.8) is 0 Å². The number of hydrogen-bond donors (Lipinski definition) is 1. The number of carbonyl (C=O) groups excluding carboxylic acids is 2. The molecule has 4 aromatic carbocycles. The number of urea groups is 1. The highest BCUT2D eigenvalue weighted by molar-refractivity contribution is 6.14. The van der Waals surface area contributed by atoms with Gasteiger partial charge in [-0.3, -0.25) is 9.69 Å². The zero-order chi connectivity index (χ0) is 24.4. The predicted molar refractivity (Wildman–Crippen MR) is 138 cm³/mol. The fourth-order valence-corrected chi connectivity index (χ4v) is 4.13. The van der Waals surface area contributed by atoms with Crippen molar-refractivity contribution in [2.75, 3.05) is 0 Å². The summed E-state index contributed by atoms with van der Waals surface area (Å²) < 4.78 is 6.20. The Bertz CT molecular complexity index is 1440. The van der Waals surface area contributed by atoms with Gasteiger partial charge < -0.3 is 10.1 Å². The Morgan fingerprint density at radius 3 is 2.17 bits per heavy atom. The highest BCUT2D eigenvalue weighted by Gasteiger charge is 2.33. The Morgan fingerprint density at radius 1 is 0.800 bits per heavy atom. The van der Waals surface area contributed by atoms with Gasteiger partial charge >= 0.3 is 6.03 Å². The largest absolute Gasteiger partial charge is 0.488 e. The van der Waals surface area contributed by atoms with Crippen LogP contribution in [0.5, 0.6) is 5.75 Å². The minimum Gasteiger partial charge on any atom is -0.488 e. The van der Waals surface area contributed by atoms with Crippen LogP contribution in [-0.2, 0) is 17.9 Å². The van der Waals surface area contributed by atoms with Crippen LogP contribution in [-0.4, -0.2) is 16.8 Å². The molecule has 0 saturated carbocycles. The quantitative estimate of drug-likeness (QED) is 0.277. The monoisotopic (exact) mass is 462 g/mol. The second kappa shape index (κ2) is 9.47. The third-order valence-electron chi connectivity index (χ3n) is 6.16. The van der Waals surface area contributed by atoms with Gasteiger partial charge in [0.25, 0.3) is 5.91 Å². The van der Waals surface area contributed by atoms with Crippen LogP contribution in [0.15, 0.2) is 90.6 Å². The number of imide groups is 1. The van der Waals surface area contributed by atoms with Crippen molar-refractivity contribution >= 4 is 28.8 Å². The summed E-state index contributed by atoms with van der Waals surface area (Å²) in [7, 11) is 0. The SMILES string of the molecule is Cc1ccc(COc2ccc3ccccc3c2/C=C2/NC(=O)N(Cc3ccc(C)cc3)C2=O)cc1. The minimum absolute atomic E-state index is 0.217. The molecular weight excluding hydrogens is 436 g/mol. The van der Waals surface area contributed by atoms with Gasteiger partial charge in [-0.05, 0) is 47.9 Å². The van der Waals surface area contributed by atoms with E-state index in [1.165, 1.54) is 10.5 Å². The molecule has 4 aromatic rings. The van der Waals surface area contributed by atoms with Crippen LogP contribution < -0.4 is 10.1 Å². The lowest BCUT2D eigenvalue weighted by Gasteiger charge is -2.13. The summed E-state index contributed by atoms with van der Waals surface area (Å²) >= 11 is 0. The maximum Gasteiger partial charge on any atom is 0.329 e. The molecule has 1 saturated heterocycles. The molecule has 5 nitrogen and oxygen atoms in total. The van der Waals surface area contributed by atoms with Crippen molar-refractivity contribution < 1.29 is 14.3 Å². The molecule has 1 fully saturated rings. The molecule has 0 spiro atoms. The average molecular weight is 463 g/mol. The van der Waals surface area contributed by atoms with E-state index < -0.39 is 6.03 Å². The van der Waals surface area contributed by atoms with E-state index in [1.807, 2.05) is 86.6 Å². The molecule has 174 valence electrons. The van der Waals surface area contributed by atoms with Crippen molar-refractivity contribution in [3.8, 4) is 5.75 Å². The van der Waals surface area contributed by atoms with Crippen molar-refractivity contribution in [3.05, 3.63) is 118 Å². The van der Waals surface area contributed by atoms with Gasteiger partial charge in [-0.2, -0.15) is 0 Å². The summed E-state index contributed by atoms with van der Waals surface area (Å²) in [6.45, 7) is 4.66. The van der Waals surface area contributed by atoms with E-state index in [0.717, 1.165) is 33.0 Å². The first kappa shape index (κ1) is 22.4. The molecule has 35 heavy (non-hydrogen) atoms. The highest BCUT2D eigenvalue weighted by atomic mass is 16.5. The van der Waals surface area contributed by atoms with E-state index in [9.17, 15) is 9.59 Å². The van der Waals surface area contributed by atoms with Crippen molar-refractivity contribution in [1.29, 1.82) is 0 Å². The van der Waals surface area contributed by atoms with Gasteiger partial charge in [0.05, 0.1) is 6.54 Å². The Morgan fingerprint density at radius 2 is 1.46 bits per heavy atom. The molecule has 5 rings (SSSR count). The Balaban J connectivity index is 1.46. The van der Waals surface area contributed by atoms with Crippen LogP contribution in [0.1, 0.15) is 27.8 Å². The molecule has 1 aliphatic heterocycles. The number of hydrogen-bond acceptors (Lipinski definition) is 3. The first-order chi connectivity index (χ1) is 17.0. The molecule has 1 aliphatic rings. The summed E-state index contributed by atoms with van der Waals surface area (Å²) in [6, 6.07) is 27.4. The maximum atomic E-state index is 13.2. The standard InChI is InChI=1S/C30H26N2O3/c1-20-7-11-22(12-8-20)18-32-29(33)27(31-30(32)34)17-26-25-6-4-3-5-24(25)15-16-28(26)35-19-23-13-9-21(2)10-14-23/h3-17H,18-19H2,1-2H3,(H,31,34)/b27-17+. The zero-order valence-electron chi connectivity index (χ0n) is 19.7. The fourth-order valence-electron chi connectivity index (χ4n) is 4.13. The lowest BCUT2D eigenvalue weighted by Crippen LogP contribution is -2.30. The van der Waals surface area contributed by atoms with Gasteiger partial charge in [0.2, 0.25) is 0 Å². The predicted octanol–water partition coefficient (Wildman–Crippen LogP) is 6.13. The molecule has 0 unspecified atom stereocenters. The molecule has 1 heterocycles. The summed E-state index contributed by atoms with van der Waals surface area (Å²) in [5, 5.41) is 4.72. The van der Waals surface area contributed by atoms with E-state index in [2.05, 4.69) is 17.4 Å². The van der Waals surface area contributed by atoms with E-state index in [1.54, 1.807) is 6.08 Å². The van der Waals surface area contributed by atoms with Crippen LogP contribution in [0.25, 0.3) is 16.8 Å². The highest BCUT2D eigenvalue weighted by Crippen LogP contribution is 2.32. The molecule has 3 amide bonds. The number of nitrogens with one attached hydrogen (secondary N) is 1. The van der Waals surface area contributed by atoms with Crippen molar-refractivity contribution in [1.82, 2.24) is 10.2 Å². The number of amides is 3. The van der Waals surface area contributed by atoms with Crippen LogP contribution in [0.4, 0.5) is 4.79 Å². The third-order valence-corrected chi connectivity index (χ3v) is 6.16. The van der Waals surface area contributed by atoms with Crippen LogP contribution in [0.3, 0.4) is 0 Å². The summed E-state index contributed by atoms with van der Waals surface area (Å²) in [5.41, 5.74) is 5.26. The van der Waals surface area contributed by atoms with Crippen molar-refractivity contribution in [2.24, 2.45) is 0 Å². The number of rotatable bonds is 6. The number of carbonyl (C=O) groups is 2. The summed E-state index contributed by atoms with van der Waals surface area (Å²) in [6.07, 6.45) is 1.72. The molecule has 0 aliphatic carbocycles. The van der Waals surface area contributed by atoms with Gasteiger partial charge in [-0.1, -0.05) is 90.0 Å². The first-order valence-electron chi connectivity index (χ1n) is 11.6. The molecule has 0 radical (unpaired) electrons. The number of aryl methyl sites for hydroxylation is 2. The fraction of sp³-hybridized carbons (Fsp3) is 0.133. The summed E-state index contributed by atoms with van der Waals surface area (Å²) in [4.78, 5) is 27.1. The van der Waals surface area contributed by atoms with E-state index >= 15 is 0 Å². The number of benzene rings is 4. The Kier molecular flexibility index (Phi) is 6.06. The summed E-state index contributed by atoms with van der Waals surface area (Å²) in [5.74, 6) is 0.295. The lowest BCUT2D eigenvalue weighted by atomic mass is 10.0. The number of nitrogens with zero attached hydrogens (tertiary/aromatic N) is 1. The van der Waals surface area contributed by atoms with Gasteiger partial charge in [-0.15, -0.1) is 0 Å². The van der Waals surface area contributed by atoms with Gasteiger partial charge in [-0.25, -0.2) is 4.79 Å². The topological polar surface area (TPSA) is 58.6 Å². The molecule has 1 N–H and O–H groups in total. The maximum absolute atomic E-state index is 13.2. The molecular formula is C30H26N2O3. The van der Waals surface area contributed by atoms with E-state index in [4.69, 9.17) is 4.74 Å². The average Bonchev–Trinajstić information content (AvgIpc) is 3.13. The second-order valence-electron chi connectivity index (χ2n) is 8.84. The molecule has 0 bridgehead atoms. The number of fused-ring (bicyclic) bond motifs is 1. The van der Waals surface area contributed by atoms with Crippen LogP contribution in [0.2, 0.25) is 0 Å². The zero-order valence-corrected chi connectivity index (χ0v) is 19.7. The van der Waals surface area contributed by atoms with Crippen LogP contribution in [0, 0.1) is 13.8 Å². The lowest BCUT2D eigenvalue weighted by molar-refractivity contribution is -0.123. The minimum atomic E-state index is -0.427. The normalized spacial score (nSPS) is 14.6. The van der Waals surface area contributed by atoms with E-state index in [0.29, 0.717) is 12.4 Å². The number of ether oxygens (including phenoxy) is 1. The first-order valence-corrected chi connectivity index (χ1v) is 11.6. The smallest absolute Gasteiger partial charge is 0.329 e. The molecule has 0 aromatic heterocycles.